The number of rotatable bonds is 1. The predicted octanol–water partition coefficient (Wildman–Crippen LogP) is 1.95. The lowest BCUT2D eigenvalue weighted by Crippen LogP contribution is -2.15. The van der Waals surface area contributed by atoms with Crippen LogP contribution in [0.2, 0.25) is 0 Å². The lowest BCUT2D eigenvalue weighted by atomic mass is 9.97. The molecule has 1 aromatic carbocycles. The van der Waals surface area contributed by atoms with Crippen molar-refractivity contribution in [3.63, 3.8) is 0 Å². The number of ketones is 1. The summed E-state index contributed by atoms with van der Waals surface area (Å²) in [6, 6.07) is 5.23. The van der Waals surface area contributed by atoms with Crippen LogP contribution in [0.25, 0.3) is 0 Å². The summed E-state index contributed by atoms with van der Waals surface area (Å²) in [7, 11) is 0. The van der Waals surface area contributed by atoms with E-state index in [-0.39, 0.29) is 17.6 Å². The molecule has 0 spiro atoms. The Morgan fingerprint density at radius 3 is 2.93 bits per heavy atom. The summed E-state index contributed by atoms with van der Waals surface area (Å²) in [5.41, 5.74) is 2.09. The molecule has 1 aromatic rings. The summed E-state index contributed by atoms with van der Waals surface area (Å²) in [5, 5.41) is 0. The highest BCUT2D eigenvalue weighted by atomic mass is 32.1. The molecular weight excluding hydrogens is 210 g/mol. The number of carbonyl (C=O) groups excluding carboxylic acids is 2. The molecule has 1 unspecified atom stereocenters. The molecule has 0 saturated heterocycles. The fourth-order valence-electron chi connectivity index (χ4n) is 2.09. The molecule has 15 heavy (non-hydrogen) atoms. The molecular formula is C11H11NO2S. The van der Waals surface area contributed by atoms with E-state index in [1.807, 2.05) is 6.92 Å². The topological polar surface area (TPSA) is 46.2 Å². The van der Waals surface area contributed by atoms with Gasteiger partial charge in [-0.25, -0.2) is 0 Å². The molecule has 2 rings (SSSR count). The van der Waals surface area contributed by atoms with Crippen LogP contribution in [0.1, 0.15) is 45.5 Å². The first kappa shape index (κ1) is 10.2. The third kappa shape index (κ3) is 1.55. The summed E-state index contributed by atoms with van der Waals surface area (Å²) >= 11 is 3.74. The molecule has 0 bridgehead atoms. The monoisotopic (exact) mass is 221 g/mol. The molecule has 0 aliphatic heterocycles. The van der Waals surface area contributed by atoms with Gasteiger partial charge in [-0.05, 0) is 17.5 Å². The quantitative estimate of drug-likeness (QED) is 0.712. The number of benzene rings is 1. The molecule has 0 heterocycles. The van der Waals surface area contributed by atoms with Crippen LogP contribution in [0, 0.1) is 0 Å². The first-order chi connectivity index (χ1) is 7.15. The van der Waals surface area contributed by atoms with Crippen molar-refractivity contribution in [1.82, 2.24) is 4.72 Å². The SMILES string of the molecule is CC1CC(=O)c2cccc(C(=O)NS)c21. The van der Waals surface area contributed by atoms with Crippen LogP contribution in [-0.2, 0) is 0 Å². The van der Waals surface area contributed by atoms with Gasteiger partial charge in [0.05, 0.1) is 0 Å². The van der Waals surface area contributed by atoms with E-state index in [4.69, 9.17) is 0 Å². The van der Waals surface area contributed by atoms with Gasteiger partial charge in [0.1, 0.15) is 0 Å². The predicted molar refractivity (Wildman–Crippen MR) is 60.3 cm³/mol. The highest BCUT2D eigenvalue weighted by molar-refractivity contribution is 7.78. The van der Waals surface area contributed by atoms with E-state index >= 15 is 0 Å². The number of nitrogens with one attached hydrogen (secondary N) is 1. The van der Waals surface area contributed by atoms with Gasteiger partial charge < -0.3 is 0 Å². The van der Waals surface area contributed by atoms with Gasteiger partial charge in [-0.15, -0.1) is 0 Å². The normalized spacial score (nSPS) is 18.8. The smallest absolute Gasteiger partial charge is 0.261 e. The van der Waals surface area contributed by atoms with Crippen LogP contribution >= 0.6 is 12.8 Å². The average Bonchev–Trinajstić information content (AvgIpc) is 2.54. The third-order valence-corrected chi connectivity index (χ3v) is 2.94. The second-order valence-electron chi connectivity index (χ2n) is 3.74. The molecule has 0 fully saturated rings. The summed E-state index contributed by atoms with van der Waals surface area (Å²) in [5.74, 6) is -0.0163. The Kier molecular flexibility index (Phi) is 2.52. The zero-order chi connectivity index (χ0) is 11.0. The number of hydrogen-bond donors (Lipinski definition) is 2. The lowest BCUT2D eigenvalue weighted by molar-refractivity contribution is 0.0978. The van der Waals surface area contributed by atoms with Crippen molar-refractivity contribution < 1.29 is 9.59 Å². The average molecular weight is 221 g/mol. The van der Waals surface area contributed by atoms with E-state index in [2.05, 4.69) is 17.5 Å². The van der Waals surface area contributed by atoms with E-state index in [9.17, 15) is 9.59 Å². The standard InChI is InChI=1S/C11H11NO2S/c1-6-5-9(13)7-3-2-4-8(10(6)7)11(14)12-15/h2-4,6,15H,5H2,1H3,(H,12,14). The van der Waals surface area contributed by atoms with E-state index < -0.39 is 0 Å². The van der Waals surface area contributed by atoms with Crippen LogP contribution in [0.5, 0.6) is 0 Å². The zero-order valence-corrected chi connectivity index (χ0v) is 9.17. The van der Waals surface area contributed by atoms with Crippen molar-refractivity contribution in [1.29, 1.82) is 0 Å². The number of hydrogen-bond acceptors (Lipinski definition) is 3. The highest BCUT2D eigenvalue weighted by Gasteiger charge is 2.29. The van der Waals surface area contributed by atoms with Crippen molar-refractivity contribution in [2.45, 2.75) is 19.3 Å². The molecule has 1 aliphatic rings. The van der Waals surface area contributed by atoms with Gasteiger partial charge in [0.2, 0.25) is 0 Å². The van der Waals surface area contributed by atoms with Crippen molar-refractivity contribution >= 4 is 24.5 Å². The minimum Gasteiger partial charge on any atom is -0.299 e. The Morgan fingerprint density at radius 1 is 1.53 bits per heavy atom. The van der Waals surface area contributed by atoms with Gasteiger partial charge in [-0.2, -0.15) is 0 Å². The molecule has 1 aliphatic carbocycles. The number of carbonyl (C=O) groups is 2. The second-order valence-corrected chi connectivity index (χ2v) is 3.96. The third-order valence-electron chi connectivity index (χ3n) is 2.74. The maximum absolute atomic E-state index is 11.6. The Balaban J connectivity index is 2.60. The first-order valence-corrected chi connectivity index (χ1v) is 5.20. The summed E-state index contributed by atoms with van der Waals surface area (Å²) in [4.78, 5) is 23.1. The molecule has 1 N–H and O–H groups in total. The van der Waals surface area contributed by atoms with Crippen LogP contribution < -0.4 is 4.72 Å². The largest absolute Gasteiger partial charge is 0.299 e. The minimum atomic E-state index is -0.253. The summed E-state index contributed by atoms with van der Waals surface area (Å²) in [6.45, 7) is 1.96. The van der Waals surface area contributed by atoms with E-state index in [1.165, 1.54) is 0 Å². The van der Waals surface area contributed by atoms with Gasteiger partial charge in [-0.3, -0.25) is 14.3 Å². The molecule has 1 amide bonds. The maximum atomic E-state index is 11.6. The van der Waals surface area contributed by atoms with Crippen molar-refractivity contribution in [2.24, 2.45) is 0 Å². The van der Waals surface area contributed by atoms with E-state index in [0.717, 1.165) is 5.56 Å². The van der Waals surface area contributed by atoms with Crippen LogP contribution in [0.4, 0.5) is 0 Å². The van der Waals surface area contributed by atoms with Crippen molar-refractivity contribution in [2.75, 3.05) is 0 Å². The summed E-state index contributed by atoms with van der Waals surface area (Å²) < 4.78 is 2.29. The van der Waals surface area contributed by atoms with Crippen LogP contribution in [0.3, 0.4) is 0 Å². The second kappa shape index (κ2) is 3.70. The van der Waals surface area contributed by atoms with E-state index in [0.29, 0.717) is 17.5 Å². The summed E-state index contributed by atoms with van der Waals surface area (Å²) in [6.07, 6.45) is 0.492. The fourth-order valence-corrected chi connectivity index (χ4v) is 2.21. The molecule has 3 nitrogen and oxygen atoms in total. The molecule has 4 heteroatoms. The zero-order valence-electron chi connectivity index (χ0n) is 8.28. The van der Waals surface area contributed by atoms with Gasteiger partial charge >= 0.3 is 0 Å². The number of amides is 1. The minimum absolute atomic E-state index is 0.117. The molecule has 1 atom stereocenters. The Labute approximate surface area is 93.4 Å². The van der Waals surface area contributed by atoms with Crippen molar-refractivity contribution in [3.05, 3.63) is 34.9 Å². The van der Waals surface area contributed by atoms with Gasteiger partial charge in [0.15, 0.2) is 5.78 Å². The molecule has 78 valence electrons. The number of fused-ring (bicyclic) bond motifs is 1. The Morgan fingerprint density at radius 2 is 2.27 bits per heavy atom. The van der Waals surface area contributed by atoms with E-state index in [1.54, 1.807) is 18.2 Å². The fraction of sp³-hybridized carbons (Fsp3) is 0.273. The van der Waals surface area contributed by atoms with Gasteiger partial charge in [-0.1, -0.05) is 31.9 Å². The first-order valence-electron chi connectivity index (χ1n) is 4.75. The van der Waals surface area contributed by atoms with Gasteiger partial charge in [0, 0.05) is 17.5 Å². The molecule has 0 aromatic heterocycles. The maximum Gasteiger partial charge on any atom is 0.261 e. The van der Waals surface area contributed by atoms with Crippen LogP contribution in [0.15, 0.2) is 18.2 Å². The molecule has 0 radical (unpaired) electrons. The van der Waals surface area contributed by atoms with Crippen molar-refractivity contribution in [3.8, 4) is 0 Å². The Bertz CT molecular complexity index is 442. The Hall–Kier alpha value is -1.29. The number of Topliss-reactive ketones (excluding diaryl/α,β-unsaturated/α-hetero) is 1. The van der Waals surface area contributed by atoms with Crippen LogP contribution in [-0.4, -0.2) is 11.7 Å². The number of thiol groups is 1. The lowest BCUT2D eigenvalue weighted by Gasteiger charge is -2.09. The van der Waals surface area contributed by atoms with Gasteiger partial charge in [0.25, 0.3) is 5.91 Å². The highest BCUT2D eigenvalue weighted by Crippen LogP contribution is 2.34. The molecule has 0 saturated carbocycles.